The number of rotatable bonds is 12. The molecule has 0 amide bonds. The lowest BCUT2D eigenvalue weighted by Crippen LogP contribution is -2.47. The van der Waals surface area contributed by atoms with Gasteiger partial charge in [-0.3, -0.25) is 4.90 Å². The third-order valence-corrected chi connectivity index (χ3v) is 12.2. The Hall–Kier alpha value is -6.19. The summed E-state index contributed by atoms with van der Waals surface area (Å²) in [7, 11) is 2.11. The molecule has 3 saturated heterocycles. The number of hydrogen-bond donors (Lipinski definition) is 4. The molecule has 0 unspecified atom stereocenters. The molecule has 3 aromatic carbocycles. The van der Waals surface area contributed by atoms with Crippen LogP contribution in [0.2, 0.25) is 15.1 Å². The number of nitrogens with two attached hydrogens (primary N) is 3. The van der Waals surface area contributed by atoms with Gasteiger partial charge in [0.2, 0.25) is 17.8 Å². The Kier molecular flexibility index (Phi) is 18.3. The van der Waals surface area contributed by atoms with Crippen LogP contribution in [0.3, 0.4) is 0 Å². The molecule has 22 heteroatoms. The number of anilines is 6. The van der Waals surface area contributed by atoms with Crippen molar-refractivity contribution in [3.63, 3.8) is 0 Å². The van der Waals surface area contributed by atoms with Gasteiger partial charge in [-0.15, -0.1) is 0 Å². The predicted molar refractivity (Wildman–Crippen MR) is 274 cm³/mol. The molecule has 6 aromatic rings. The van der Waals surface area contributed by atoms with E-state index in [1.54, 1.807) is 67.1 Å². The second-order valence-electron chi connectivity index (χ2n) is 16.2. The van der Waals surface area contributed by atoms with Crippen LogP contribution in [0.15, 0.2) is 91.4 Å². The Morgan fingerprint density at radius 3 is 1.09 bits per heavy atom. The highest BCUT2D eigenvalue weighted by atomic mass is 35.5. The normalized spacial score (nSPS) is 15.7. The number of aliphatic hydroxyl groups is 1. The van der Waals surface area contributed by atoms with Crippen LogP contribution in [-0.4, -0.2) is 155 Å². The highest BCUT2D eigenvalue weighted by Crippen LogP contribution is 2.34. The van der Waals surface area contributed by atoms with Crippen molar-refractivity contribution in [3.8, 4) is 34.5 Å². The van der Waals surface area contributed by atoms with Crippen LogP contribution >= 0.6 is 34.8 Å². The van der Waals surface area contributed by atoms with Gasteiger partial charge < -0.3 is 61.0 Å². The third-order valence-electron chi connectivity index (χ3n) is 11.4. The van der Waals surface area contributed by atoms with Gasteiger partial charge in [-0.2, -0.15) is 15.0 Å². The molecule has 366 valence electrons. The predicted octanol–water partition coefficient (Wildman–Crippen LogP) is 6.52. The number of β-amino-alcohol motifs (C(OH)–C–C–N with tert-alkyl or cyclic N) is 1. The van der Waals surface area contributed by atoms with Crippen molar-refractivity contribution >= 4 is 70.1 Å². The SMILES string of the molecule is CCN1CCN(c2nc(N)ncc2Oc2ccc(Cl)cc2)CC1.CN1CCN(c2nc(N)ncc2Oc2ccc(Cl)cc2)CC1.Nc1ncc(Oc2ccc(Cl)cc2)c(N2CCN(CCO)CC2)n1. The number of nitrogens with zero attached hydrogens (tertiary/aromatic N) is 12. The maximum absolute atomic E-state index is 9.04. The molecule has 0 aliphatic carbocycles. The number of aliphatic hydroxyl groups excluding tert-OH is 1. The van der Waals surface area contributed by atoms with Crippen molar-refractivity contribution < 1.29 is 19.3 Å². The molecular weight excluding hydrogens is 945 g/mol. The van der Waals surface area contributed by atoms with Gasteiger partial charge in [-0.25, -0.2) is 15.0 Å². The van der Waals surface area contributed by atoms with Crippen LogP contribution in [0.25, 0.3) is 0 Å². The molecule has 3 aromatic heterocycles. The van der Waals surface area contributed by atoms with E-state index in [4.69, 9.17) is 71.3 Å². The Bertz CT molecular complexity index is 2530. The monoisotopic (exact) mass is 1000 g/mol. The van der Waals surface area contributed by atoms with Gasteiger partial charge in [0.25, 0.3) is 0 Å². The number of piperazine rings is 3. The summed E-state index contributed by atoms with van der Waals surface area (Å²) in [6.45, 7) is 14.9. The number of nitrogen functional groups attached to an aromatic ring is 3. The second kappa shape index (κ2) is 24.9. The lowest BCUT2D eigenvalue weighted by molar-refractivity contribution is 0.188. The maximum atomic E-state index is 9.04. The fourth-order valence-electron chi connectivity index (χ4n) is 7.53. The minimum atomic E-state index is 0.172. The van der Waals surface area contributed by atoms with Crippen molar-refractivity contribution in [2.75, 3.05) is 137 Å². The Labute approximate surface area is 417 Å². The number of aromatic nitrogens is 6. The number of ether oxygens (including phenoxy) is 3. The van der Waals surface area contributed by atoms with E-state index in [0.717, 1.165) is 96.7 Å². The van der Waals surface area contributed by atoms with Gasteiger partial charge in [0, 0.05) is 100 Å². The maximum Gasteiger partial charge on any atom is 0.222 e. The minimum absolute atomic E-state index is 0.172. The number of likely N-dealkylation sites (N-methyl/N-ethyl adjacent to an activating group) is 2. The molecule has 7 N–H and O–H groups in total. The van der Waals surface area contributed by atoms with E-state index >= 15 is 0 Å². The fourth-order valence-corrected chi connectivity index (χ4v) is 7.91. The minimum Gasteiger partial charge on any atom is -0.452 e. The summed E-state index contributed by atoms with van der Waals surface area (Å²) >= 11 is 17.7. The zero-order valence-corrected chi connectivity index (χ0v) is 40.9. The number of halogens is 3. The third kappa shape index (κ3) is 14.9. The van der Waals surface area contributed by atoms with Crippen molar-refractivity contribution in [2.45, 2.75) is 6.92 Å². The molecule has 6 heterocycles. The van der Waals surface area contributed by atoms with Gasteiger partial charge in [0.1, 0.15) is 17.2 Å². The molecule has 3 aliphatic heterocycles. The molecule has 0 bridgehead atoms. The van der Waals surface area contributed by atoms with Gasteiger partial charge >= 0.3 is 0 Å². The topological polar surface area (TPSA) is 223 Å². The average molecular weight is 1000 g/mol. The van der Waals surface area contributed by atoms with E-state index < -0.39 is 0 Å². The number of benzene rings is 3. The highest BCUT2D eigenvalue weighted by molar-refractivity contribution is 6.31. The summed E-state index contributed by atoms with van der Waals surface area (Å²) in [4.78, 5) is 38.6. The van der Waals surface area contributed by atoms with Crippen LogP contribution in [0, 0.1) is 0 Å². The van der Waals surface area contributed by atoms with Gasteiger partial charge in [0.05, 0.1) is 25.2 Å². The summed E-state index contributed by atoms with van der Waals surface area (Å²) < 4.78 is 17.7. The van der Waals surface area contributed by atoms with E-state index in [0.29, 0.717) is 61.9 Å². The van der Waals surface area contributed by atoms with Crippen molar-refractivity contribution in [1.29, 1.82) is 0 Å². The summed E-state index contributed by atoms with van der Waals surface area (Å²) in [6.07, 6.45) is 4.83. The summed E-state index contributed by atoms with van der Waals surface area (Å²) in [5.41, 5.74) is 17.3. The molecule has 0 saturated carbocycles. The Morgan fingerprint density at radius 2 is 0.783 bits per heavy atom. The smallest absolute Gasteiger partial charge is 0.222 e. The Balaban J connectivity index is 0.000000153. The van der Waals surface area contributed by atoms with Crippen molar-refractivity contribution in [3.05, 3.63) is 106 Å². The van der Waals surface area contributed by atoms with E-state index in [-0.39, 0.29) is 24.5 Å². The van der Waals surface area contributed by atoms with E-state index in [1.165, 1.54) is 0 Å². The van der Waals surface area contributed by atoms with E-state index in [9.17, 15) is 0 Å². The molecule has 0 spiro atoms. The molecule has 3 aliphatic rings. The van der Waals surface area contributed by atoms with E-state index in [2.05, 4.69) is 73.3 Å². The molecular formula is C47H58Cl3N15O4. The molecule has 19 nitrogen and oxygen atoms in total. The molecule has 0 radical (unpaired) electrons. The standard InChI is InChI=1S/C16H20ClN5O2.C16H20ClN5O.C15H18ClN5O/c17-12-1-3-13(4-2-12)24-14-11-19-16(18)20-15(14)22-7-5-21(6-8-22)9-10-23;1-2-21-7-9-22(10-8-21)15-14(11-19-16(18)20-15)23-13-5-3-12(17)4-6-13;1-20-6-8-21(9-7-20)14-13(10-18-15(17)19-14)22-12-4-2-11(16)3-5-12/h1-4,11,23H,5-10H2,(H2,18,19,20);3-6,11H,2,7-10H2,1H3,(H2,18,19,20);2-5,10H,6-9H2,1H3,(H2,17,18,19). The van der Waals surface area contributed by atoms with Crippen LogP contribution in [0.5, 0.6) is 34.5 Å². The zero-order valence-electron chi connectivity index (χ0n) is 38.7. The second-order valence-corrected chi connectivity index (χ2v) is 17.5. The first-order valence-electron chi connectivity index (χ1n) is 22.6. The first-order valence-corrected chi connectivity index (χ1v) is 23.7. The molecule has 9 rings (SSSR count). The van der Waals surface area contributed by atoms with Crippen LogP contribution < -0.4 is 46.1 Å². The summed E-state index contributed by atoms with van der Waals surface area (Å²) in [5.74, 6) is 6.66. The van der Waals surface area contributed by atoms with Crippen LogP contribution in [0.1, 0.15) is 6.92 Å². The van der Waals surface area contributed by atoms with Crippen LogP contribution in [0.4, 0.5) is 35.3 Å². The Morgan fingerprint density at radius 1 is 0.478 bits per heavy atom. The van der Waals surface area contributed by atoms with Gasteiger partial charge in [0.15, 0.2) is 34.7 Å². The van der Waals surface area contributed by atoms with Gasteiger partial charge in [-0.1, -0.05) is 41.7 Å². The first kappa shape index (κ1) is 50.7. The van der Waals surface area contributed by atoms with Crippen molar-refractivity contribution in [2.24, 2.45) is 0 Å². The summed E-state index contributed by atoms with van der Waals surface area (Å²) in [5, 5.41) is 11.0. The van der Waals surface area contributed by atoms with Gasteiger partial charge in [-0.05, 0) is 86.4 Å². The summed E-state index contributed by atoms with van der Waals surface area (Å²) in [6, 6.07) is 21.5. The molecule has 3 fully saturated rings. The molecule has 69 heavy (non-hydrogen) atoms. The molecule has 0 atom stereocenters. The zero-order chi connectivity index (χ0) is 48.7. The number of hydrogen-bond acceptors (Lipinski definition) is 19. The highest BCUT2D eigenvalue weighted by Gasteiger charge is 2.24. The van der Waals surface area contributed by atoms with Crippen LogP contribution in [-0.2, 0) is 0 Å². The first-order chi connectivity index (χ1) is 33.4. The quantitative estimate of drug-likeness (QED) is 0.102. The lowest BCUT2D eigenvalue weighted by atomic mass is 10.3. The lowest BCUT2D eigenvalue weighted by Gasteiger charge is -2.35. The van der Waals surface area contributed by atoms with E-state index in [1.807, 2.05) is 24.3 Å². The van der Waals surface area contributed by atoms with Crippen molar-refractivity contribution in [1.82, 2.24) is 44.6 Å². The largest absolute Gasteiger partial charge is 0.452 e. The fraction of sp³-hybridized carbons (Fsp3) is 0.362. The average Bonchev–Trinajstić information content (AvgIpc) is 3.36.